The first-order valence-electron chi connectivity index (χ1n) is 6.04. The lowest BCUT2D eigenvalue weighted by Crippen LogP contribution is -2.19. The molecule has 0 aromatic carbocycles. The standard InChI is InChI=1S/C13H17N5/c1-10(2)6-14-7-11-8-17-13(18-9-11)12-15-4-3-5-16-12/h3-5,8-10,14H,6-7H2,1-2H3. The van der Waals surface area contributed by atoms with E-state index in [9.17, 15) is 0 Å². The first-order chi connectivity index (χ1) is 8.75. The van der Waals surface area contributed by atoms with E-state index in [1.54, 1.807) is 18.5 Å². The fourth-order valence-electron chi connectivity index (χ4n) is 1.48. The molecular formula is C13H17N5. The minimum absolute atomic E-state index is 0.555. The van der Waals surface area contributed by atoms with Crippen molar-refractivity contribution in [2.24, 2.45) is 5.92 Å². The van der Waals surface area contributed by atoms with Crippen molar-refractivity contribution in [3.63, 3.8) is 0 Å². The zero-order valence-corrected chi connectivity index (χ0v) is 10.7. The minimum Gasteiger partial charge on any atom is -0.312 e. The molecule has 0 aliphatic rings. The number of hydrogen-bond donors (Lipinski definition) is 1. The Hall–Kier alpha value is -1.88. The van der Waals surface area contributed by atoms with Gasteiger partial charge in [-0.25, -0.2) is 19.9 Å². The maximum absolute atomic E-state index is 4.27. The Balaban J connectivity index is 1.98. The third kappa shape index (κ3) is 3.56. The molecule has 0 spiro atoms. The molecule has 0 aliphatic heterocycles. The van der Waals surface area contributed by atoms with Gasteiger partial charge in [0.15, 0.2) is 11.6 Å². The van der Waals surface area contributed by atoms with Crippen LogP contribution in [-0.4, -0.2) is 26.5 Å². The van der Waals surface area contributed by atoms with E-state index in [1.807, 2.05) is 12.4 Å². The van der Waals surface area contributed by atoms with Gasteiger partial charge in [-0.15, -0.1) is 0 Å². The van der Waals surface area contributed by atoms with Gasteiger partial charge in [0, 0.05) is 36.9 Å². The van der Waals surface area contributed by atoms with Crippen molar-refractivity contribution >= 4 is 0 Å². The first kappa shape index (κ1) is 12.6. The Bertz CT molecular complexity index is 467. The third-order valence-corrected chi connectivity index (χ3v) is 2.35. The number of aromatic nitrogens is 4. The summed E-state index contributed by atoms with van der Waals surface area (Å²) < 4.78 is 0. The van der Waals surface area contributed by atoms with E-state index in [1.165, 1.54) is 0 Å². The Morgan fingerprint density at radius 2 is 1.61 bits per heavy atom. The predicted molar refractivity (Wildman–Crippen MR) is 69.6 cm³/mol. The predicted octanol–water partition coefficient (Wildman–Crippen LogP) is 1.68. The summed E-state index contributed by atoms with van der Waals surface area (Å²) in [5, 5.41) is 3.35. The van der Waals surface area contributed by atoms with Crippen molar-refractivity contribution in [2.75, 3.05) is 6.54 Å². The van der Waals surface area contributed by atoms with Gasteiger partial charge in [-0.2, -0.15) is 0 Å². The third-order valence-electron chi connectivity index (χ3n) is 2.35. The lowest BCUT2D eigenvalue weighted by Gasteiger charge is -2.06. The SMILES string of the molecule is CC(C)CNCc1cnc(-c2ncccn2)nc1. The molecule has 0 saturated heterocycles. The topological polar surface area (TPSA) is 63.6 Å². The Morgan fingerprint density at radius 3 is 2.22 bits per heavy atom. The molecule has 2 aromatic rings. The number of hydrogen-bond acceptors (Lipinski definition) is 5. The molecule has 0 bridgehead atoms. The Morgan fingerprint density at radius 1 is 1.00 bits per heavy atom. The summed E-state index contributed by atoms with van der Waals surface area (Å²) in [5.74, 6) is 1.75. The summed E-state index contributed by atoms with van der Waals surface area (Å²) in [7, 11) is 0. The van der Waals surface area contributed by atoms with Crippen molar-refractivity contribution in [1.82, 2.24) is 25.3 Å². The molecule has 2 heterocycles. The molecule has 2 aromatic heterocycles. The van der Waals surface area contributed by atoms with Crippen LogP contribution in [0.1, 0.15) is 19.4 Å². The molecule has 18 heavy (non-hydrogen) atoms. The van der Waals surface area contributed by atoms with Crippen molar-refractivity contribution in [3.05, 3.63) is 36.4 Å². The molecular weight excluding hydrogens is 226 g/mol. The van der Waals surface area contributed by atoms with Crippen LogP contribution in [0.5, 0.6) is 0 Å². The fourth-order valence-corrected chi connectivity index (χ4v) is 1.48. The van der Waals surface area contributed by atoms with Gasteiger partial charge in [-0.1, -0.05) is 13.8 Å². The van der Waals surface area contributed by atoms with E-state index in [-0.39, 0.29) is 0 Å². The highest BCUT2D eigenvalue weighted by Crippen LogP contribution is 2.06. The van der Waals surface area contributed by atoms with Crippen molar-refractivity contribution < 1.29 is 0 Å². The van der Waals surface area contributed by atoms with Gasteiger partial charge < -0.3 is 5.32 Å². The molecule has 5 nitrogen and oxygen atoms in total. The molecule has 1 N–H and O–H groups in total. The monoisotopic (exact) mass is 243 g/mol. The fraction of sp³-hybridized carbons (Fsp3) is 0.385. The highest BCUT2D eigenvalue weighted by atomic mass is 15.0. The van der Waals surface area contributed by atoms with Crippen LogP contribution in [0.4, 0.5) is 0 Å². The van der Waals surface area contributed by atoms with Gasteiger partial charge in [0.25, 0.3) is 0 Å². The average Bonchev–Trinajstić information content (AvgIpc) is 2.40. The summed E-state index contributed by atoms with van der Waals surface area (Å²) in [6.45, 7) is 6.14. The van der Waals surface area contributed by atoms with Crippen LogP contribution in [0.2, 0.25) is 0 Å². The molecule has 0 saturated carbocycles. The first-order valence-corrected chi connectivity index (χ1v) is 6.04. The molecule has 94 valence electrons. The molecule has 2 rings (SSSR count). The van der Waals surface area contributed by atoms with Crippen molar-refractivity contribution in [2.45, 2.75) is 20.4 Å². The van der Waals surface area contributed by atoms with E-state index in [4.69, 9.17) is 0 Å². The Kier molecular flexibility index (Phi) is 4.30. The van der Waals surface area contributed by atoms with E-state index in [0.717, 1.165) is 18.7 Å². The number of nitrogens with zero attached hydrogens (tertiary/aromatic N) is 4. The van der Waals surface area contributed by atoms with Gasteiger partial charge >= 0.3 is 0 Å². The van der Waals surface area contributed by atoms with Crippen LogP contribution in [0.15, 0.2) is 30.9 Å². The van der Waals surface area contributed by atoms with Gasteiger partial charge in [0.1, 0.15) is 0 Å². The zero-order chi connectivity index (χ0) is 12.8. The second-order valence-corrected chi connectivity index (χ2v) is 4.51. The minimum atomic E-state index is 0.555. The highest BCUT2D eigenvalue weighted by molar-refractivity contribution is 5.41. The number of nitrogens with one attached hydrogen (secondary N) is 1. The van der Waals surface area contributed by atoms with Crippen molar-refractivity contribution in [1.29, 1.82) is 0 Å². The lowest BCUT2D eigenvalue weighted by atomic mass is 10.2. The molecule has 0 aliphatic carbocycles. The van der Waals surface area contributed by atoms with Crippen molar-refractivity contribution in [3.8, 4) is 11.6 Å². The smallest absolute Gasteiger partial charge is 0.197 e. The van der Waals surface area contributed by atoms with Gasteiger partial charge in [-0.05, 0) is 18.5 Å². The molecule has 0 unspecified atom stereocenters. The van der Waals surface area contributed by atoms with Crippen LogP contribution in [0, 0.1) is 5.92 Å². The van der Waals surface area contributed by atoms with Gasteiger partial charge in [0.2, 0.25) is 0 Å². The summed E-state index contributed by atoms with van der Waals surface area (Å²) in [5.41, 5.74) is 1.07. The van der Waals surface area contributed by atoms with E-state index >= 15 is 0 Å². The maximum Gasteiger partial charge on any atom is 0.197 e. The van der Waals surface area contributed by atoms with Gasteiger partial charge in [0.05, 0.1) is 0 Å². The van der Waals surface area contributed by atoms with Crippen LogP contribution >= 0.6 is 0 Å². The molecule has 0 atom stereocenters. The summed E-state index contributed by atoms with van der Waals surface area (Å²) >= 11 is 0. The maximum atomic E-state index is 4.27. The second kappa shape index (κ2) is 6.16. The summed E-state index contributed by atoms with van der Waals surface area (Å²) in [6, 6.07) is 1.77. The molecule has 0 amide bonds. The molecule has 0 radical (unpaired) electrons. The average molecular weight is 243 g/mol. The second-order valence-electron chi connectivity index (χ2n) is 4.51. The quantitative estimate of drug-likeness (QED) is 0.865. The molecule has 5 heteroatoms. The van der Waals surface area contributed by atoms with E-state index < -0.39 is 0 Å². The van der Waals surface area contributed by atoms with Crippen LogP contribution in [0.3, 0.4) is 0 Å². The number of rotatable bonds is 5. The van der Waals surface area contributed by atoms with Crippen LogP contribution in [-0.2, 0) is 6.54 Å². The van der Waals surface area contributed by atoms with E-state index in [0.29, 0.717) is 17.6 Å². The summed E-state index contributed by atoms with van der Waals surface area (Å²) in [6.07, 6.45) is 6.99. The van der Waals surface area contributed by atoms with Crippen LogP contribution in [0.25, 0.3) is 11.6 Å². The van der Waals surface area contributed by atoms with E-state index in [2.05, 4.69) is 39.1 Å². The highest BCUT2D eigenvalue weighted by Gasteiger charge is 2.03. The molecule has 0 fully saturated rings. The lowest BCUT2D eigenvalue weighted by molar-refractivity contribution is 0.551. The van der Waals surface area contributed by atoms with Gasteiger partial charge in [-0.3, -0.25) is 0 Å². The zero-order valence-electron chi connectivity index (χ0n) is 10.7. The Labute approximate surface area is 107 Å². The van der Waals surface area contributed by atoms with Crippen LogP contribution < -0.4 is 5.32 Å². The normalized spacial score (nSPS) is 10.8. The largest absolute Gasteiger partial charge is 0.312 e. The summed E-state index contributed by atoms with van der Waals surface area (Å²) in [4.78, 5) is 16.8.